The van der Waals surface area contributed by atoms with Crippen molar-refractivity contribution in [2.45, 2.75) is 6.18 Å². The summed E-state index contributed by atoms with van der Waals surface area (Å²) in [7, 11) is 1.56. The number of ether oxygens (including phenoxy) is 1. The molecule has 1 aromatic heterocycles. The Hall–Kier alpha value is -2.83. The summed E-state index contributed by atoms with van der Waals surface area (Å²) in [4.78, 5) is 4.14. The van der Waals surface area contributed by atoms with Gasteiger partial charge in [-0.25, -0.2) is 9.67 Å². The van der Waals surface area contributed by atoms with E-state index in [1.165, 1.54) is 17.1 Å². The molecule has 0 saturated heterocycles. The minimum absolute atomic E-state index is 0.295. The van der Waals surface area contributed by atoms with Crippen molar-refractivity contribution in [3.05, 3.63) is 60.4 Å². The maximum Gasteiger partial charge on any atom is 0.416 e. The zero-order valence-electron chi connectivity index (χ0n) is 12.1. The first kappa shape index (κ1) is 15.1. The lowest BCUT2D eigenvalue weighted by atomic mass is 10.1. The lowest BCUT2D eigenvalue weighted by molar-refractivity contribution is -0.137. The molecule has 0 N–H and O–H groups in total. The first-order chi connectivity index (χ1) is 11.0. The standard InChI is InChI=1S/C16H12F3N3O/c1-23-14-7-5-11(6-8-14)15-20-10-21-22(15)13-4-2-3-12(9-13)16(17,18)19/h2-10H,1H3. The zero-order chi connectivity index (χ0) is 16.4. The molecule has 118 valence electrons. The third-order valence-corrected chi connectivity index (χ3v) is 3.31. The third-order valence-electron chi connectivity index (χ3n) is 3.31. The van der Waals surface area contributed by atoms with Gasteiger partial charge in [0.2, 0.25) is 0 Å². The Bertz CT molecular complexity index is 810. The van der Waals surface area contributed by atoms with Crippen molar-refractivity contribution in [1.82, 2.24) is 14.8 Å². The van der Waals surface area contributed by atoms with Crippen LogP contribution in [0.25, 0.3) is 17.1 Å². The molecule has 7 heteroatoms. The number of aromatic nitrogens is 3. The molecule has 23 heavy (non-hydrogen) atoms. The van der Waals surface area contributed by atoms with Crippen molar-refractivity contribution < 1.29 is 17.9 Å². The molecule has 0 amide bonds. The Balaban J connectivity index is 2.04. The summed E-state index contributed by atoms with van der Waals surface area (Å²) in [6.07, 6.45) is -3.10. The fraction of sp³-hybridized carbons (Fsp3) is 0.125. The molecule has 0 bridgehead atoms. The minimum Gasteiger partial charge on any atom is -0.497 e. The van der Waals surface area contributed by atoms with Gasteiger partial charge in [-0.15, -0.1) is 0 Å². The van der Waals surface area contributed by atoms with Crippen molar-refractivity contribution in [3.63, 3.8) is 0 Å². The van der Waals surface area contributed by atoms with E-state index >= 15 is 0 Å². The molecule has 1 heterocycles. The van der Waals surface area contributed by atoms with Crippen LogP contribution in [0.4, 0.5) is 13.2 Å². The van der Waals surface area contributed by atoms with E-state index < -0.39 is 11.7 Å². The third kappa shape index (κ3) is 3.03. The van der Waals surface area contributed by atoms with E-state index in [9.17, 15) is 13.2 Å². The van der Waals surface area contributed by atoms with Gasteiger partial charge in [-0.05, 0) is 42.5 Å². The number of nitrogens with zero attached hydrogens (tertiary/aromatic N) is 3. The second kappa shape index (κ2) is 5.75. The summed E-state index contributed by atoms with van der Waals surface area (Å²) in [5.74, 6) is 1.13. The highest BCUT2D eigenvalue weighted by atomic mass is 19.4. The molecule has 0 fully saturated rings. The maximum atomic E-state index is 12.9. The van der Waals surface area contributed by atoms with Crippen LogP contribution in [0.1, 0.15) is 5.56 Å². The van der Waals surface area contributed by atoms with Crippen molar-refractivity contribution in [2.75, 3.05) is 7.11 Å². The predicted molar refractivity (Wildman–Crippen MR) is 78.3 cm³/mol. The summed E-state index contributed by atoms with van der Waals surface area (Å²) in [5.41, 5.74) is 0.287. The zero-order valence-corrected chi connectivity index (χ0v) is 12.1. The normalized spacial score (nSPS) is 11.5. The predicted octanol–water partition coefficient (Wildman–Crippen LogP) is 3.96. The fourth-order valence-electron chi connectivity index (χ4n) is 2.18. The van der Waals surface area contributed by atoms with E-state index in [0.29, 0.717) is 17.3 Å². The number of halogens is 3. The van der Waals surface area contributed by atoms with E-state index in [4.69, 9.17) is 4.74 Å². The van der Waals surface area contributed by atoms with Gasteiger partial charge in [0, 0.05) is 5.56 Å². The number of hydrogen-bond donors (Lipinski definition) is 0. The summed E-state index contributed by atoms with van der Waals surface area (Å²) in [6, 6.07) is 12.0. The molecule has 0 unspecified atom stereocenters. The summed E-state index contributed by atoms with van der Waals surface area (Å²) >= 11 is 0. The Labute approximate surface area is 130 Å². The Morgan fingerprint density at radius 3 is 2.43 bits per heavy atom. The molecule has 2 aromatic carbocycles. The van der Waals surface area contributed by atoms with Crippen LogP contribution in [-0.2, 0) is 6.18 Å². The average Bonchev–Trinajstić information content (AvgIpc) is 3.04. The molecule has 0 aliphatic rings. The van der Waals surface area contributed by atoms with E-state index in [1.807, 2.05) is 0 Å². The monoisotopic (exact) mass is 319 g/mol. The molecule has 0 aliphatic carbocycles. The van der Waals surface area contributed by atoms with Crippen LogP contribution in [-0.4, -0.2) is 21.9 Å². The molecule has 0 radical (unpaired) electrons. The molecule has 3 aromatic rings. The van der Waals surface area contributed by atoms with Crippen LogP contribution in [0.15, 0.2) is 54.9 Å². The average molecular weight is 319 g/mol. The van der Waals surface area contributed by atoms with E-state index in [1.54, 1.807) is 37.4 Å². The number of benzene rings is 2. The van der Waals surface area contributed by atoms with Crippen LogP contribution < -0.4 is 4.74 Å². The highest BCUT2D eigenvalue weighted by Gasteiger charge is 2.30. The van der Waals surface area contributed by atoms with Crippen LogP contribution in [0.2, 0.25) is 0 Å². The molecule has 0 atom stereocenters. The summed E-state index contributed by atoms with van der Waals surface area (Å²) in [6.45, 7) is 0. The van der Waals surface area contributed by atoms with Crippen molar-refractivity contribution >= 4 is 0 Å². The highest BCUT2D eigenvalue weighted by Crippen LogP contribution is 2.31. The lowest BCUT2D eigenvalue weighted by Crippen LogP contribution is -2.07. The number of hydrogen-bond acceptors (Lipinski definition) is 3. The number of rotatable bonds is 3. The summed E-state index contributed by atoms with van der Waals surface area (Å²) < 4.78 is 45.0. The summed E-state index contributed by atoms with van der Waals surface area (Å²) in [5, 5.41) is 4.04. The highest BCUT2D eigenvalue weighted by molar-refractivity contribution is 5.59. The smallest absolute Gasteiger partial charge is 0.416 e. The van der Waals surface area contributed by atoms with Crippen molar-refractivity contribution in [3.8, 4) is 22.8 Å². The first-order valence-electron chi connectivity index (χ1n) is 6.71. The van der Waals surface area contributed by atoms with Gasteiger partial charge in [-0.1, -0.05) is 6.07 Å². The SMILES string of the molecule is COc1ccc(-c2ncnn2-c2cccc(C(F)(F)F)c2)cc1. The van der Waals surface area contributed by atoms with E-state index in [0.717, 1.165) is 17.7 Å². The Morgan fingerprint density at radius 2 is 1.78 bits per heavy atom. The van der Waals surface area contributed by atoms with Gasteiger partial charge in [0.15, 0.2) is 5.82 Å². The van der Waals surface area contributed by atoms with Gasteiger partial charge in [-0.3, -0.25) is 0 Å². The lowest BCUT2D eigenvalue weighted by Gasteiger charge is -2.10. The van der Waals surface area contributed by atoms with Crippen LogP contribution in [0.5, 0.6) is 5.75 Å². The fourth-order valence-corrected chi connectivity index (χ4v) is 2.18. The molecule has 0 aliphatic heterocycles. The Kier molecular flexibility index (Phi) is 3.77. The van der Waals surface area contributed by atoms with Crippen LogP contribution in [0.3, 0.4) is 0 Å². The second-order valence-corrected chi connectivity index (χ2v) is 4.77. The molecular formula is C16H12F3N3O. The topological polar surface area (TPSA) is 39.9 Å². The van der Waals surface area contributed by atoms with Crippen LogP contribution in [0, 0.1) is 0 Å². The van der Waals surface area contributed by atoms with Crippen LogP contribution >= 0.6 is 0 Å². The molecular weight excluding hydrogens is 307 g/mol. The molecule has 0 saturated carbocycles. The van der Waals surface area contributed by atoms with Gasteiger partial charge in [0.1, 0.15) is 12.1 Å². The largest absolute Gasteiger partial charge is 0.497 e. The van der Waals surface area contributed by atoms with Crippen molar-refractivity contribution in [1.29, 1.82) is 0 Å². The van der Waals surface area contributed by atoms with Gasteiger partial charge < -0.3 is 4.74 Å². The maximum absolute atomic E-state index is 12.9. The molecule has 4 nitrogen and oxygen atoms in total. The van der Waals surface area contributed by atoms with E-state index in [-0.39, 0.29) is 0 Å². The molecule has 0 spiro atoms. The van der Waals surface area contributed by atoms with E-state index in [2.05, 4.69) is 10.1 Å². The van der Waals surface area contributed by atoms with Gasteiger partial charge in [0.05, 0.1) is 18.4 Å². The number of methoxy groups -OCH3 is 1. The first-order valence-corrected chi connectivity index (χ1v) is 6.71. The van der Waals surface area contributed by atoms with Gasteiger partial charge in [0.25, 0.3) is 0 Å². The number of alkyl halides is 3. The molecule has 3 rings (SSSR count). The quantitative estimate of drug-likeness (QED) is 0.733. The minimum atomic E-state index is -4.41. The van der Waals surface area contributed by atoms with Gasteiger partial charge >= 0.3 is 6.18 Å². The second-order valence-electron chi connectivity index (χ2n) is 4.77. The Morgan fingerprint density at radius 1 is 1.04 bits per heavy atom. The van der Waals surface area contributed by atoms with Crippen molar-refractivity contribution in [2.24, 2.45) is 0 Å². The van der Waals surface area contributed by atoms with Gasteiger partial charge in [-0.2, -0.15) is 18.3 Å².